The van der Waals surface area contributed by atoms with Crippen LogP contribution in [0.4, 0.5) is 5.69 Å². The van der Waals surface area contributed by atoms with Gasteiger partial charge in [0.25, 0.3) is 11.8 Å². The Balaban J connectivity index is 1.47. The number of halogens is 1. The molecule has 1 saturated carbocycles. The Morgan fingerprint density at radius 3 is 2.48 bits per heavy atom. The molecule has 2 aromatic carbocycles. The minimum atomic E-state index is -0.540. The number of nitrogens with one attached hydrogen (secondary N) is 2. The van der Waals surface area contributed by atoms with Gasteiger partial charge in [0, 0.05) is 23.8 Å². The highest BCUT2D eigenvalue weighted by molar-refractivity contribution is 6.34. The van der Waals surface area contributed by atoms with Crippen molar-refractivity contribution in [2.45, 2.75) is 37.8 Å². The average molecular weight is 412 g/mol. The Bertz CT molecular complexity index is 944. The van der Waals surface area contributed by atoms with Crippen LogP contribution in [0.1, 0.15) is 46.4 Å². The van der Waals surface area contributed by atoms with E-state index in [1.165, 1.54) is 0 Å². The highest BCUT2D eigenvalue weighted by Gasteiger charge is 2.34. The van der Waals surface area contributed by atoms with Crippen molar-refractivity contribution in [3.8, 4) is 0 Å². The van der Waals surface area contributed by atoms with Gasteiger partial charge in [-0.1, -0.05) is 29.8 Å². The molecule has 2 aliphatic rings. The van der Waals surface area contributed by atoms with Crippen molar-refractivity contribution in [1.29, 1.82) is 0 Å². The van der Waals surface area contributed by atoms with Gasteiger partial charge in [-0.2, -0.15) is 0 Å². The van der Waals surface area contributed by atoms with Crippen LogP contribution in [0.5, 0.6) is 0 Å². The molecule has 1 atom stereocenters. The SMILES string of the molecule is O=C(NC1CC1)c1cc(NC(=O)C2CCCN2C(=O)c2ccccc2)ccc1Cl. The molecule has 4 rings (SSSR count). The van der Waals surface area contributed by atoms with Gasteiger partial charge >= 0.3 is 0 Å². The number of nitrogens with zero attached hydrogens (tertiary/aromatic N) is 1. The van der Waals surface area contributed by atoms with Crippen molar-refractivity contribution < 1.29 is 14.4 Å². The summed E-state index contributed by atoms with van der Waals surface area (Å²) in [6.45, 7) is 0.543. The molecular formula is C22H22ClN3O3. The van der Waals surface area contributed by atoms with Crippen LogP contribution in [0.2, 0.25) is 5.02 Å². The number of carbonyl (C=O) groups is 3. The predicted molar refractivity (Wildman–Crippen MR) is 111 cm³/mol. The number of anilines is 1. The summed E-state index contributed by atoms with van der Waals surface area (Å²) in [5, 5.41) is 6.07. The van der Waals surface area contributed by atoms with Crippen molar-refractivity contribution in [2.75, 3.05) is 11.9 Å². The van der Waals surface area contributed by atoms with E-state index in [9.17, 15) is 14.4 Å². The fraction of sp³-hybridized carbons (Fsp3) is 0.318. The molecule has 7 heteroatoms. The zero-order valence-electron chi connectivity index (χ0n) is 15.9. The van der Waals surface area contributed by atoms with Crippen molar-refractivity contribution in [3.63, 3.8) is 0 Å². The zero-order valence-corrected chi connectivity index (χ0v) is 16.6. The largest absolute Gasteiger partial charge is 0.349 e. The lowest BCUT2D eigenvalue weighted by molar-refractivity contribution is -0.119. The van der Waals surface area contributed by atoms with Crippen LogP contribution in [0.3, 0.4) is 0 Å². The van der Waals surface area contributed by atoms with E-state index >= 15 is 0 Å². The molecule has 3 amide bonds. The second-order valence-corrected chi connectivity index (χ2v) is 7.86. The molecule has 1 heterocycles. The number of benzene rings is 2. The minimum Gasteiger partial charge on any atom is -0.349 e. The fourth-order valence-electron chi connectivity index (χ4n) is 3.52. The van der Waals surface area contributed by atoms with Gasteiger partial charge in [-0.05, 0) is 56.0 Å². The van der Waals surface area contributed by atoms with Gasteiger partial charge in [0.15, 0.2) is 0 Å². The summed E-state index contributed by atoms with van der Waals surface area (Å²) in [5.41, 5.74) is 1.39. The molecule has 150 valence electrons. The summed E-state index contributed by atoms with van der Waals surface area (Å²) < 4.78 is 0. The second kappa shape index (κ2) is 8.25. The molecule has 1 saturated heterocycles. The average Bonchev–Trinajstić information content (AvgIpc) is 3.40. The Labute approximate surface area is 174 Å². The van der Waals surface area contributed by atoms with Gasteiger partial charge in [0.05, 0.1) is 10.6 Å². The number of rotatable bonds is 5. The van der Waals surface area contributed by atoms with E-state index in [0.717, 1.165) is 19.3 Å². The molecule has 2 N–H and O–H groups in total. The van der Waals surface area contributed by atoms with Gasteiger partial charge in [0.2, 0.25) is 5.91 Å². The normalized spacial score (nSPS) is 18.4. The molecular weight excluding hydrogens is 390 g/mol. The van der Waals surface area contributed by atoms with Crippen LogP contribution in [0.25, 0.3) is 0 Å². The van der Waals surface area contributed by atoms with Crippen molar-refractivity contribution in [2.24, 2.45) is 0 Å². The molecule has 1 aliphatic carbocycles. The quantitative estimate of drug-likeness (QED) is 0.790. The fourth-order valence-corrected chi connectivity index (χ4v) is 3.73. The summed E-state index contributed by atoms with van der Waals surface area (Å²) in [5.74, 6) is -0.651. The summed E-state index contributed by atoms with van der Waals surface area (Å²) >= 11 is 6.16. The van der Waals surface area contributed by atoms with Crippen molar-refractivity contribution >= 4 is 35.0 Å². The first-order chi connectivity index (χ1) is 14.0. The topological polar surface area (TPSA) is 78.5 Å². The van der Waals surface area contributed by atoms with Crippen molar-refractivity contribution in [1.82, 2.24) is 10.2 Å². The first-order valence-electron chi connectivity index (χ1n) is 9.80. The molecule has 2 aromatic rings. The minimum absolute atomic E-state index is 0.149. The van der Waals surface area contributed by atoms with E-state index in [-0.39, 0.29) is 23.8 Å². The van der Waals surface area contributed by atoms with E-state index in [1.807, 2.05) is 6.07 Å². The number of hydrogen-bond acceptors (Lipinski definition) is 3. The predicted octanol–water partition coefficient (Wildman–Crippen LogP) is 3.48. The lowest BCUT2D eigenvalue weighted by atomic mass is 10.1. The molecule has 29 heavy (non-hydrogen) atoms. The first-order valence-corrected chi connectivity index (χ1v) is 10.2. The van der Waals surface area contributed by atoms with Crippen molar-refractivity contribution in [3.05, 3.63) is 64.7 Å². The maximum Gasteiger partial charge on any atom is 0.254 e. The van der Waals surface area contributed by atoms with Crippen LogP contribution in [0, 0.1) is 0 Å². The Kier molecular flexibility index (Phi) is 5.53. The van der Waals surface area contributed by atoms with Gasteiger partial charge in [0.1, 0.15) is 6.04 Å². The Morgan fingerprint density at radius 2 is 1.76 bits per heavy atom. The Morgan fingerprint density at radius 1 is 1.00 bits per heavy atom. The molecule has 1 aliphatic heterocycles. The van der Waals surface area contributed by atoms with E-state index in [1.54, 1.807) is 47.4 Å². The summed E-state index contributed by atoms with van der Waals surface area (Å²) in [6, 6.07) is 13.5. The standard InChI is InChI=1S/C22H22ClN3O3/c23-18-11-10-16(13-17(18)20(27)24-15-8-9-15)25-21(28)19-7-4-12-26(19)22(29)14-5-2-1-3-6-14/h1-3,5-6,10-11,13,15,19H,4,7-9,12H2,(H,24,27)(H,25,28). The molecule has 0 radical (unpaired) electrons. The maximum atomic E-state index is 12.9. The number of amides is 3. The lowest BCUT2D eigenvalue weighted by Crippen LogP contribution is -2.43. The third-order valence-electron chi connectivity index (χ3n) is 5.23. The Hall–Kier alpha value is -2.86. The molecule has 0 spiro atoms. The summed E-state index contributed by atoms with van der Waals surface area (Å²) in [6.07, 6.45) is 3.33. The third kappa shape index (κ3) is 4.43. The van der Waals surface area contributed by atoms with Gasteiger partial charge in [-0.25, -0.2) is 0 Å². The van der Waals surface area contributed by atoms with Crippen LogP contribution in [-0.2, 0) is 4.79 Å². The molecule has 1 unspecified atom stereocenters. The van der Waals surface area contributed by atoms with E-state index < -0.39 is 6.04 Å². The van der Waals surface area contributed by atoms with Gasteiger partial charge < -0.3 is 15.5 Å². The number of carbonyl (C=O) groups excluding carboxylic acids is 3. The van der Waals surface area contributed by atoms with Gasteiger partial charge in [-0.3, -0.25) is 14.4 Å². The van der Waals surface area contributed by atoms with E-state index in [4.69, 9.17) is 11.6 Å². The molecule has 6 nitrogen and oxygen atoms in total. The van der Waals surface area contributed by atoms with E-state index in [2.05, 4.69) is 10.6 Å². The van der Waals surface area contributed by atoms with Crippen LogP contribution in [0.15, 0.2) is 48.5 Å². The summed E-state index contributed by atoms with van der Waals surface area (Å²) in [7, 11) is 0. The highest BCUT2D eigenvalue weighted by atomic mass is 35.5. The molecule has 2 fully saturated rings. The van der Waals surface area contributed by atoms with Crippen LogP contribution >= 0.6 is 11.6 Å². The highest BCUT2D eigenvalue weighted by Crippen LogP contribution is 2.25. The molecule has 0 aromatic heterocycles. The third-order valence-corrected chi connectivity index (χ3v) is 5.56. The summed E-state index contributed by atoms with van der Waals surface area (Å²) in [4.78, 5) is 39.6. The zero-order chi connectivity index (χ0) is 20.4. The molecule has 0 bridgehead atoms. The van der Waals surface area contributed by atoms with Crippen LogP contribution in [-0.4, -0.2) is 41.2 Å². The monoisotopic (exact) mass is 411 g/mol. The second-order valence-electron chi connectivity index (χ2n) is 7.45. The van der Waals surface area contributed by atoms with Gasteiger partial charge in [-0.15, -0.1) is 0 Å². The lowest BCUT2D eigenvalue weighted by Gasteiger charge is -2.24. The maximum absolute atomic E-state index is 12.9. The first kappa shape index (κ1) is 19.5. The number of likely N-dealkylation sites (tertiary alicyclic amines) is 1. The van der Waals surface area contributed by atoms with E-state index in [0.29, 0.717) is 34.8 Å². The van der Waals surface area contributed by atoms with Crippen LogP contribution < -0.4 is 10.6 Å². The smallest absolute Gasteiger partial charge is 0.254 e. The number of hydrogen-bond donors (Lipinski definition) is 2.